The van der Waals surface area contributed by atoms with Crippen molar-refractivity contribution < 1.29 is 4.74 Å². The van der Waals surface area contributed by atoms with Crippen molar-refractivity contribution in [3.8, 4) is 5.75 Å². The molecule has 1 unspecified atom stereocenters. The third-order valence-corrected chi connectivity index (χ3v) is 4.30. The summed E-state index contributed by atoms with van der Waals surface area (Å²) < 4.78 is 5.93. The molecule has 3 aromatic rings. The number of aryl methyl sites for hydroxylation is 1. The summed E-state index contributed by atoms with van der Waals surface area (Å²) in [6.07, 6.45) is 0. The Morgan fingerprint density at radius 1 is 0.833 bits per heavy atom. The summed E-state index contributed by atoms with van der Waals surface area (Å²) in [5.74, 6) is 0.834. The van der Waals surface area contributed by atoms with Crippen LogP contribution in [-0.4, -0.2) is 0 Å². The van der Waals surface area contributed by atoms with Gasteiger partial charge in [-0.1, -0.05) is 72.3 Å². The second-order valence-corrected chi connectivity index (χ2v) is 6.37. The van der Waals surface area contributed by atoms with Crippen LogP contribution in [0.1, 0.15) is 29.2 Å². The van der Waals surface area contributed by atoms with Gasteiger partial charge in [-0.3, -0.25) is 0 Å². The van der Waals surface area contributed by atoms with Crippen LogP contribution >= 0.6 is 0 Å². The van der Waals surface area contributed by atoms with E-state index in [1.54, 1.807) is 0 Å². The lowest BCUT2D eigenvalue weighted by molar-refractivity contribution is 0.305. The molecule has 24 heavy (non-hydrogen) atoms. The molecule has 0 aliphatic heterocycles. The maximum absolute atomic E-state index is 6.65. The van der Waals surface area contributed by atoms with Gasteiger partial charge in [0.2, 0.25) is 0 Å². The Morgan fingerprint density at radius 3 is 2.21 bits per heavy atom. The standard InChI is InChI=1S/C22H23NO/c1-17-8-6-11-19(14-17)22(2,23)20-12-7-13-21(15-20)24-16-18-9-4-3-5-10-18/h3-15H,16,23H2,1-2H3. The van der Waals surface area contributed by atoms with Crippen LogP contribution in [0.3, 0.4) is 0 Å². The minimum absolute atomic E-state index is 0.552. The zero-order chi connectivity index (χ0) is 17.0. The van der Waals surface area contributed by atoms with E-state index in [0.29, 0.717) is 6.61 Å². The third kappa shape index (κ3) is 3.66. The highest BCUT2D eigenvalue weighted by Crippen LogP contribution is 2.29. The number of hydrogen-bond acceptors (Lipinski definition) is 2. The SMILES string of the molecule is Cc1cccc(C(C)(N)c2cccc(OCc3ccccc3)c2)c1. The van der Waals surface area contributed by atoms with Crippen molar-refractivity contribution in [2.45, 2.75) is 26.0 Å². The highest BCUT2D eigenvalue weighted by Gasteiger charge is 2.24. The minimum Gasteiger partial charge on any atom is -0.489 e. The maximum atomic E-state index is 6.65. The van der Waals surface area contributed by atoms with Crippen LogP contribution in [0.15, 0.2) is 78.9 Å². The van der Waals surface area contributed by atoms with Crippen molar-refractivity contribution in [1.82, 2.24) is 0 Å². The molecule has 0 saturated carbocycles. The lowest BCUT2D eigenvalue weighted by Gasteiger charge is -2.27. The number of benzene rings is 3. The summed E-state index contributed by atoms with van der Waals surface area (Å²) in [4.78, 5) is 0. The molecule has 1 atom stereocenters. The average Bonchev–Trinajstić information content (AvgIpc) is 2.61. The molecule has 0 aliphatic rings. The Bertz CT molecular complexity index is 809. The number of ether oxygens (including phenoxy) is 1. The van der Waals surface area contributed by atoms with Crippen molar-refractivity contribution >= 4 is 0 Å². The van der Waals surface area contributed by atoms with E-state index in [1.807, 2.05) is 49.4 Å². The molecule has 0 aliphatic carbocycles. The zero-order valence-corrected chi connectivity index (χ0v) is 14.2. The maximum Gasteiger partial charge on any atom is 0.120 e. The van der Waals surface area contributed by atoms with E-state index in [9.17, 15) is 0 Å². The summed E-state index contributed by atoms with van der Waals surface area (Å²) in [5, 5.41) is 0. The van der Waals surface area contributed by atoms with E-state index in [4.69, 9.17) is 10.5 Å². The largest absolute Gasteiger partial charge is 0.489 e. The normalized spacial score (nSPS) is 13.3. The van der Waals surface area contributed by atoms with Gasteiger partial charge in [-0.15, -0.1) is 0 Å². The summed E-state index contributed by atoms with van der Waals surface area (Å²) in [6.45, 7) is 4.67. The van der Waals surface area contributed by atoms with E-state index in [0.717, 1.165) is 22.4 Å². The van der Waals surface area contributed by atoms with Crippen LogP contribution in [0.25, 0.3) is 0 Å². The molecular formula is C22H23NO. The van der Waals surface area contributed by atoms with E-state index in [2.05, 4.69) is 43.3 Å². The van der Waals surface area contributed by atoms with Crippen LogP contribution in [-0.2, 0) is 12.1 Å². The zero-order valence-electron chi connectivity index (χ0n) is 14.2. The Balaban J connectivity index is 1.81. The van der Waals surface area contributed by atoms with E-state index in [-0.39, 0.29) is 0 Å². The summed E-state index contributed by atoms with van der Waals surface area (Å²) in [6, 6.07) is 26.6. The molecule has 0 radical (unpaired) electrons. The van der Waals surface area contributed by atoms with Crippen LogP contribution < -0.4 is 10.5 Å². The molecule has 2 N–H and O–H groups in total. The van der Waals surface area contributed by atoms with Gasteiger partial charge in [0, 0.05) is 0 Å². The fraction of sp³-hybridized carbons (Fsp3) is 0.182. The van der Waals surface area contributed by atoms with Gasteiger partial charge in [0.25, 0.3) is 0 Å². The molecule has 122 valence electrons. The fourth-order valence-electron chi connectivity index (χ4n) is 2.78. The van der Waals surface area contributed by atoms with Gasteiger partial charge >= 0.3 is 0 Å². The first-order valence-electron chi connectivity index (χ1n) is 8.19. The summed E-state index contributed by atoms with van der Waals surface area (Å²) >= 11 is 0. The highest BCUT2D eigenvalue weighted by molar-refractivity contribution is 5.41. The Labute approximate surface area is 143 Å². The summed E-state index contributed by atoms with van der Waals surface area (Å²) in [5.41, 5.74) is 10.6. The van der Waals surface area contributed by atoms with E-state index in [1.165, 1.54) is 5.56 Å². The number of nitrogens with two attached hydrogens (primary N) is 1. The van der Waals surface area contributed by atoms with Gasteiger partial charge in [0.15, 0.2) is 0 Å². The molecular weight excluding hydrogens is 294 g/mol. The van der Waals surface area contributed by atoms with Crippen molar-refractivity contribution in [2.75, 3.05) is 0 Å². The number of rotatable bonds is 5. The molecule has 0 fully saturated rings. The Morgan fingerprint density at radius 2 is 1.50 bits per heavy atom. The van der Waals surface area contributed by atoms with Crippen molar-refractivity contribution in [1.29, 1.82) is 0 Å². The first-order valence-corrected chi connectivity index (χ1v) is 8.19. The predicted octanol–water partition coefficient (Wildman–Crippen LogP) is 4.80. The molecule has 2 heteroatoms. The summed E-state index contributed by atoms with van der Waals surface area (Å²) in [7, 11) is 0. The highest BCUT2D eigenvalue weighted by atomic mass is 16.5. The van der Waals surface area contributed by atoms with Crippen molar-refractivity contribution in [3.63, 3.8) is 0 Å². The molecule has 0 spiro atoms. The molecule has 0 aromatic heterocycles. The lowest BCUT2D eigenvalue weighted by Crippen LogP contribution is -2.34. The molecule has 0 saturated heterocycles. The predicted molar refractivity (Wildman–Crippen MR) is 99.0 cm³/mol. The smallest absolute Gasteiger partial charge is 0.120 e. The molecule has 0 heterocycles. The monoisotopic (exact) mass is 317 g/mol. The van der Waals surface area contributed by atoms with Gasteiger partial charge in [-0.2, -0.15) is 0 Å². The van der Waals surface area contributed by atoms with Crippen molar-refractivity contribution in [3.05, 3.63) is 101 Å². The molecule has 0 amide bonds. The second-order valence-electron chi connectivity index (χ2n) is 6.37. The Kier molecular flexibility index (Phi) is 4.68. The quantitative estimate of drug-likeness (QED) is 0.734. The minimum atomic E-state index is -0.557. The average molecular weight is 317 g/mol. The fourth-order valence-corrected chi connectivity index (χ4v) is 2.78. The molecule has 3 aromatic carbocycles. The third-order valence-electron chi connectivity index (χ3n) is 4.30. The van der Waals surface area contributed by atoms with Gasteiger partial charge in [0.05, 0.1) is 5.54 Å². The van der Waals surface area contributed by atoms with Crippen LogP contribution in [0.4, 0.5) is 0 Å². The first-order chi connectivity index (χ1) is 11.6. The van der Waals surface area contributed by atoms with Crippen LogP contribution in [0, 0.1) is 6.92 Å². The molecule has 3 rings (SSSR count). The van der Waals surface area contributed by atoms with E-state index < -0.39 is 5.54 Å². The van der Waals surface area contributed by atoms with Gasteiger partial charge in [0.1, 0.15) is 12.4 Å². The second kappa shape index (κ2) is 6.90. The molecule has 2 nitrogen and oxygen atoms in total. The van der Waals surface area contributed by atoms with Gasteiger partial charge in [-0.05, 0) is 42.7 Å². The topological polar surface area (TPSA) is 35.2 Å². The van der Waals surface area contributed by atoms with Crippen molar-refractivity contribution in [2.24, 2.45) is 5.73 Å². The van der Waals surface area contributed by atoms with Gasteiger partial charge in [-0.25, -0.2) is 0 Å². The lowest BCUT2D eigenvalue weighted by atomic mass is 9.85. The number of hydrogen-bond donors (Lipinski definition) is 1. The first kappa shape index (κ1) is 16.3. The van der Waals surface area contributed by atoms with Crippen LogP contribution in [0.2, 0.25) is 0 Å². The molecule has 0 bridgehead atoms. The van der Waals surface area contributed by atoms with Crippen LogP contribution in [0.5, 0.6) is 5.75 Å². The van der Waals surface area contributed by atoms with Gasteiger partial charge < -0.3 is 10.5 Å². The Hall–Kier alpha value is -2.58. The van der Waals surface area contributed by atoms with E-state index >= 15 is 0 Å².